The summed E-state index contributed by atoms with van der Waals surface area (Å²) >= 11 is 5.63. The molecule has 0 fully saturated rings. The largest absolute Gasteiger partial charge is 0.494 e. The standard InChI is InChI=1S/C25H24BrIN2O4/c1-3-32-21-10-6-17(7-11-21)14-24(30)29-28-15-19-12-22(27)25(23(13-19)31-2)33-16-18-4-8-20(26)9-5-18/h4-13,15H,3,14,16H2,1-2H3,(H,29,30)/b28-15+. The number of rotatable bonds is 10. The summed E-state index contributed by atoms with van der Waals surface area (Å²) in [6.07, 6.45) is 1.81. The molecule has 8 heteroatoms. The normalized spacial score (nSPS) is 10.8. The van der Waals surface area contributed by atoms with Crippen molar-refractivity contribution in [2.45, 2.75) is 20.0 Å². The van der Waals surface area contributed by atoms with Gasteiger partial charge in [0, 0.05) is 4.47 Å². The Morgan fingerprint density at radius 3 is 2.42 bits per heavy atom. The Morgan fingerprint density at radius 2 is 1.76 bits per heavy atom. The SMILES string of the molecule is CCOc1ccc(CC(=O)N/N=C/c2cc(I)c(OCc3ccc(Br)cc3)c(OC)c2)cc1. The van der Waals surface area contributed by atoms with Crippen LogP contribution in [0.5, 0.6) is 17.2 Å². The highest BCUT2D eigenvalue weighted by Crippen LogP contribution is 2.34. The van der Waals surface area contributed by atoms with E-state index < -0.39 is 0 Å². The third-order valence-electron chi connectivity index (χ3n) is 4.55. The van der Waals surface area contributed by atoms with Gasteiger partial charge in [-0.1, -0.05) is 40.2 Å². The number of amides is 1. The highest BCUT2D eigenvalue weighted by Gasteiger charge is 2.12. The molecule has 3 aromatic rings. The zero-order chi connectivity index (χ0) is 23.6. The first-order chi connectivity index (χ1) is 16.0. The van der Waals surface area contributed by atoms with Gasteiger partial charge in [0.05, 0.1) is 29.9 Å². The number of hydrogen-bond donors (Lipinski definition) is 1. The van der Waals surface area contributed by atoms with E-state index in [9.17, 15) is 4.79 Å². The van der Waals surface area contributed by atoms with E-state index in [2.05, 4.69) is 49.0 Å². The molecule has 1 amide bonds. The summed E-state index contributed by atoms with van der Waals surface area (Å²) < 4.78 is 18.8. The molecular formula is C25H24BrIN2O4. The lowest BCUT2D eigenvalue weighted by atomic mass is 10.1. The molecule has 0 aliphatic carbocycles. The lowest BCUT2D eigenvalue weighted by Crippen LogP contribution is -2.19. The predicted octanol–water partition coefficient (Wildman–Crippen LogP) is 5.73. The maximum atomic E-state index is 12.2. The number of carbonyl (C=O) groups excluding carboxylic acids is 1. The van der Waals surface area contributed by atoms with Crippen LogP contribution in [0.15, 0.2) is 70.2 Å². The van der Waals surface area contributed by atoms with Crippen LogP contribution < -0.4 is 19.6 Å². The summed E-state index contributed by atoms with van der Waals surface area (Å²) in [5, 5.41) is 4.08. The molecule has 1 N–H and O–H groups in total. The molecule has 0 saturated carbocycles. The van der Waals surface area contributed by atoms with Gasteiger partial charge in [-0.2, -0.15) is 5.10 Å². The van der Waals surface area contributed by atoms with Gasteiger partial charge in [0.1, 0.15) is 12.4 Å². The Bertz CT molecular complexity index is 1100. The average Bonchev–Trinajstić information content (AvgIpc) is 2.80. The number of halogens is 2. The van der Waals surface area contributed by atoms with Crippen LogP contribution in [0, 0.1) is 3.57 Å². The van der Waals surface area contributed by atoms with Crippen LogP contribution in [0.1, 0.15) is 23.6 Å². The number of methoxy groups -OCH3 is 1. The summed E-state index contributed by atoms with van der Waals surface area (Å²) in [4.78, 5) is 12.2. The fourth-order valence-corrected chi connectivity index (χ4v) is 4.01. The Morgan fingerprint density at radius 1 is 1.06 bits per heavy atom. The van der Waals surface area contributed by atoms with Gasteiger partial charge in [-0.05, 0) is 82.6 Å². The molecule has 172 valence electrons. The zero-order valence-corrected chi connectivity index (χ0v) is 22.1. The number of carbonyl (C=O) groups is 1. The van der Waals surface area contributed by atoms with E-state index in [-0.39, 0.29) is 12.3 Å². The number of nitrogens with zero attached hydrogens (tertiary/aromatic N) is 1. The van der Waals surface area contributed by atoms with Gasteiger partial charge in [-0.25, -0.2) is 5.43 Å². The number of ether oxygens (including phenoxy) is 3. The van der Waals surface area contributed by atoms with Crippen LogP contribution in [0.25, 0.3) is 0 Å². The average molecular weight is 623 g/mol. The van der Waals surface area contributed by atoms with E-state index in [1.165, 1.54) is 0 Å². The van der Waals surface area contributed by atoms with Gasteiger partial charge in [0.15, 0.2) is 11.5 Å². The van der Waals surface area contributed by atoms with Gasteiger partial charge in [0.25, 0.3) is 0 Å². The quantitative estimate of drug-likeness (QED) is 0.178. The lowest BCUT2D eigenvalue weighted by Gasteiger charge is -2.13. The van der Waals surface area contributed by atoms with Gasteiger partial charge >= 0.3 is 0 Å². The summed E-state index contributed by atoms with van der Waals surface area (Å²) in [5.74, 6) is 1.85. The predicted molar refractivity (Wildman–Crippen MR) is 141 cm³/mol. The van der Waals surface area contributed by atoms with Gasteiger partial charge in [-0.15, -0.1) is 0 Å². The fraction of sp³-hybridized carbons (Fsp3) is 0.200. The van der Waals surface area contributed by atoms with E-state index >= 15 is 0 Å². The van der Waals surface area contributed by atoms with Crippen molar-refractivity contribution < 1.29 is 19.0 Å². The molecule has 0 aromatic heterocycles. The van der Waals surface area contributed by atoms with Crippen molar-refractivity contribution >= 4 is 50.6 Å². The molecular weight excluding hydrogens is 599 g/mol. The fourth-order valence-electron chi connectivity index (χ4n) is 2.96. The Labute approximate surface area is 215 Å². The number of hydrogen-bond acceptors (Lipinski definition) is 5. The lowest BCUT2D eigenvalue weighted by molar-refractivity contribution is -0.120. The minimum absolute atomic E-state index is 0.202. The van der Waals surface area contributed by atoms with Crippen molar-refractivity contribution in [3.63, 3.8) is 0 Å². The summed E-state index contributed by atoms with van der Waals surface area (Å²) in [7, 11) is 1.59. The van der Waals surface area contributed by atoms with Crippen LogP contribution in [0.2, 0.25) is 0 Å². The van der Waals surface area contributed by atoms with Crippen molar-refractivity contribution in [3.05, 3.63) is 85.4 Å². The molecule has 6 nitrogen and oxygen atoms in total. The smallest absolute Gasteiger partial charge is 0.244 e. The second kappa shape index (κ2) is 12.6. The first-order valence-corrected chi connectivity index (χ1v) is 12.1. The molecule has 0 bridgehead atoms. The maximum Gasteiger partial charge on any atom is 0.244 e. The van der Waals surface area contributed by atoms with Crippen LogP contribution in [-0.2, 0) is 17.8 Å². The summed E-state index contributed by atoms with van der Waals surface area (Å²) in [6, 6.07) is 19.1. The van der Waals surface area contributed by atoms with Crippen molar-refractivity contribution in [2.24, 2.45) is 5.10 Å². The van der Waals surface area contributed by atoms with Crippen molar-refractivity contribution in [3.8, 4) is 17.2 Å². The summed E-state index contributed by atoms with van der Waals surface area (Å²) in [5.41, 5.74) is 5.29. The molecule has 0 aliphatic heterocycles. The summed E-state index contributed by atoms with van der Waals surface area (Å²) in [6.45, 7) is 2.96. The number of hydrazone groups is 1. The Balaban J connectivity index is 1.59. The van der Waals surface area contributed by atoms with E-state index in [1.54, 1.807) is 13.3 Å². The zero-order valence-electron chi connectivity index (χ0n) is 18.3. The highest BCUT2D eigenvalue weighted by atomic mass is 127. The molecule has 3 rings (SSSR count). The van der Waals surface area contributed by atoms with E-state index in [4.69, 9.17) is 14.2 Å². The second-order valence-corrected chi connectivity index (χ2v) is 9.07. The van der Waals surface area contributed by atoms with Gasteiger partial charge in [-0.3, -0.25) is 4.79 Å². The Hall–Kier alpha value is -2.59. The molecule has 33 heavy (non-hydrogen) atoms. The molecule has 0 aliphatic rings. The van der Waals surface area contributed by atoms with Crippen LogP contribution >= 0.6 is 38.5 Å². The minimum Gasteiger partial charge on any atom is -0.494 e. The molecule has 0 heterocycles. The number of benzene rings is 3. The van der Waals surface area contributed by atoms with Crippen molar-refractivity contribution in [2.75, 3.05) is 13.7 Å². The van der Waals surface area contributed by atoms with Crippen LogP contribution in [-0.4, -0.2) is 25.8 Å². The molecule has 3 aromatic carbocycles. The Kier molecular flexibility index (Phi) is 9.56. The third kappa shape index (κ3) is 7.75. The second-order valence-electron chi connectivity index (χ2n) is 7.00. The number of nitrogens with one attached hydrogen (secondary N) is 1. The minimum atomic E-state index is -0.202. The van der Waals surface area contributed by atoms with Crippen molar-refractivity contribution in [1.82, 2.24) is 5.43 Å². The molecule has 0 radical (unpaired) electrons. The first-order valence-electron chi connectivity index (χ1n) is 10.3. The first kappa shape index (κ1) is 25.0. The van der Waals surface area contributed by atoms with Crippen molar-refractivity contribution in [1.29, 1.82) is 0 Å². The van der Waals surface area contributed by atoms with E-state index in [0.717, 1.165) is 30.5 Å². The van der Waals surface area contributed by atoms with Gasteiger partial charge in [0.2, 0.25) is 5.91 Å². The molecule has 0 saturated heterocycles. The molecule has 0 atom stereocenters. The van der Waals surface area contributed by atoms with Gasteiger partial charge < -0.3 is 14.2 Å². The molecule has 0 spiro atoms. The monoisotopic (exact) mass is 622 g/mol. The van der Waals surface area contributed by atoms with Crippen LogP contribution in [0.3, 0.4) is 0 Å². The maximum absolute atomic E-state index is 12.2. The van der Waals surface area contributed by atoms with Crippen LogP contribution in [0.4, 0.5) is 0 Å². The highest BCUT2D eigenvalue weighted by molar-refractivity contribution is 14.1. The third-order valence-corrected chi connectivity index (χ3v) is 5.88. The topological polar surface area (TPSA) is 69.2 Å². The van der Waals surface area contributed by atoms with E-state index in [1.807, 2.05) is 67.6 Å². The molecule has 0 unspecified atom stereocenters. The van der Waals surface area contributed by atoms with E-state index in [0.29, 0.717) is 24.7 Å².